The minimum Gasteiger partial charge on any atom is -0.369 e. The topological polar surface area (TPSA) is 131 Å². The summed E-state index contributed by atoms with van der Waals surface area (Å²) in [6, 6.07) is 8.56. The number of fused-ring (bicyclic) bond motifs is 3. The van der Waals surface area contributed by atoms with Crippen LogP contribution in [-0.4, -0.2) is 36.8 Å². The van der Waals surface area contributed by atoms with Crippen molar-refractivity contribution in [2.45, 2.75) is 87.6 Å². The number of rotatable bonds is 7. The van der Waals surface area contributed by atoms with Crippen LogP contribution in [0.25, 0.3) is 10.9 Å². The number of sulfonamides is 1. The first kappa shape index (κ1) is 25.1. The zero-order valence-electron chi connectivity index (χ0n) is 20.8. The Kier molecular flexibility index (Phi) is 6.57. The molecule has 0 radical (unpaired) electrons. The molecule has 194 valence electrons. The lowest BCUT2D eigenvalue weighted by atomic mass is 9.56. The van der Waals surface area contributed by atoms with Crippen molar-refractivity contribution in [1.82, 2.24) is 15.0 Å². The van der Waals surface area contributed by atoms with E-state index in [1.54, 1.807) is 18.3 Å². The molecule has 0 saturated heterocycles. The second kappa shape index (κ2) is 9.41. The van der Waals surface area contributed by atoms with Crippen LogP contribution in [0.2, 0.25) is 0 Å². The highest BCUT2D eigenvalue weighted by Crippen LogP contribution is 2.51. The monoisotopic (exact) mass is 512 g/mol. The van der Waals surface area contributed by atoms with E-state index >= 15 is 0 Å². The van der Waals surface area contributed by atoms with Gasteiger partial charge in [0.15, 0.2) is 0 Å². The standard InChI is InChI=1S/C27H36N4O4S/c1-2-18-15-20-17-26(16-18,24(28)32)13-10-21(20)30-25(33)27(11-3-4-12-27)31-36(34,35)22-9-5-7-19-8-6-14-29-23(19)22/h5-9,14,18,20-21,31H,2-4,10-13,15-17H2,1H3,(H2,28,32)(H,30,33)/t18?,20?,21?,26-/m0/s1. The first-order chi connectivity index (χ1) is 17.2. The SMILES string of the molecule is CCC1CC2C[C@](C(N)=O)(CCC2NC(=O)C2(NS(=O)(=O)c3cccc4cccnc34)CCCC2)C1. The normalized spacial score (nSPS) is 29.6. The van der Waals surface area contributed by atoms with Crippen LogP contribution in [0, 0.1) is 17.3 Å². The number of benzene rings is 1. The molecule has 2 bridgehead atoms. The lowest BCUT2D eigenvalue weighted by molar-refractivity contribution is -0.137. The molecule has 1 heterocycles. The molecule has 4 atom stereocenters. The third kappa shape index (κ3) is 4.41. The maximum Gasteiger partial charge on any atom is 0.243 e. The van der Waals surface area contributed by atoms with Gasteiger partial charge in [-0.25, -0.2) is 8.42 Å². The quantitative estimate of drug-likeness (QED) is 0.523. The molecule has 1 aromatic carbocycles. The van der Waals surface area contributed by atoms with E-state index in [0.717, 1.165) is 37.5 Å². The van der Waals surface area contributed by atoms with Crippen LogP contribution >= 0.6 is 0 Å². The molecule has 3 saturated carbocycles. The van der Waals surface area contributed by atoms with E-state index in [1.165, 1.54) is 6.07 Å². The molecular formula is C27H36N4O4S. The fourth-order valence-corrected chi connectivity index (χ4v) is 8.61. The summed E-state index contributed by atoms with van der Waals surface area (Å²) in [6.45, 7) is 2.14. The number of nitrogens with zero attached hydrogens (tertiary/aromatic N) is 1. The summed E-state index contributed by atoms with van der Waals surface area (Å²) < 4.78 is 30.0. The number of aromatic nitrogens is 1. The lowest BCUT2D eigenvalue weighted by Gasteiger charge is -2.50. The second-order valence-electron chi connectivity index (χ2n) is 11.2. The van der Waals surface area contributed by atoms with E-state index in [2.05, 4.69) is 21.9 Å². The number of amides is 2. The Labute approximate surface area is 212 Å². The molecule has 3 unspecified atom stereocenters. The molecule has 8 nitrogen and oxygen atoms in total. The zero-order chi connectivity index (χ0) is 25.6. The van der Waals surface area contributed by atoms with E-state index in [0.29, 0.717) is 43.5 Å². The number of nitrogens with one attached hydrogen (secondary N) is 2. The highest BCUT2D eigenvalue weighted by Gasteiger charge is 2.52. The maximum atomic E-state index is 13.8. The Hall–Kier alpha value is -2.52. The summed E-state index contributed by atoms with van der Waals surface area (Å²) in [5.74, 6) is 0.103. The smallest absolute Gasteiger partial charge is 0.243 e. The van der Waals surface area contributed by atoms with E-state index in [4.69, 9.17) is 5.73 Å². The zero-order valence-corrected chi connectivity index (χ0v) is 21.6. The molecule has 5 rings (SSSR count). The maximum absolute atomic E-state index is 13.8. The van der Waals surface area contributed by atoms with Crippen LogP contribution in [0.3, 0.4) is 0 Å². The highest BCUT2D eigenvalue weighted by molar-refractivity contribution is 7.89. The number of hydrogen-bond acceptors (Lipinski definition) is 5. The minimum atomic E-state index is -4.00. The summed E-state index contributed by atoms with van der Waals surface area (Å²) in [4.78, 5) is 30.5. The Bertz CT molecular complexity index is 1270. The van der Waals surface area contributed by atoms with Crippen molar-refractivity contribution in [3.8, 4) is 0 Å². The van der Waals surface area contributed by atoms with Crippen molar-refractivity contribution in [3.05, 3.63) is 36.5 Å². The number of carbonyl (C=O) groups excluding carboxylic acids is 2. The summed E-state index contributed by atoms with van der Waals surface area (Å²) >= 11 is 0. The van der Waals surface area contributed by atoms with Crippen molar-refractivity contribution < 1.29 is 18.0 Å². The molecule has 3 fully saturated rings. The fraction of sp³-hybridized carbons (Fsp3) is 0.593. The average Bonchev–Trinajstić information content (AvgIpc) is 3.34. The number of pyridine rings is 1. The van der Waals surface area contributed by atoms with Gasteiger partial charge >= 0.3 is 0 Å². The van der Waals surface area contributed by atoms with Gasteiger partial charge in [0.25, 0.3) is 0 Å². The number of carbonyl (C=O) groups is 2. The van der Waals surface area contributed by atoms with E-state index in [-0.39, 0.29) is 28.7 Å². The van der Waals surface area contributed by atoms with Crippen molar-refractivity contribution in [3.63, 3.8) is 0 Å². The van der Waals surface area contributed by atoms with Gasteiger partial charge in [-0.15, -0.1) is 0 Å². The van der Waals surface area contributed by atoms with Gasteiger partial charge in [0.1, 0.15) is 10.4 Å². The van der Waals surface area contributed by atoms with Crippen LogP contribution in [0.4, 0.5) is 0 Å². The molecule has 3 aliphatic carbocycles. The van der Waals surface area contributed by atoms with E-state index in [9.17, 15) is 18.0 Å². The average molecular weight is 513 g/mol. The van der Waals surface area contributed by atoms with Crippen molar-refractivity contribution in [1.29, 1.82) is 0 Å². The lowest BCUT2D eigenvalue weighted by Crippen LogP contribution is -2.61. The number of nitrogens with two attached hydrogens (primary N) is 1. The third-order valence-electron chi connectivity index (χ3n) is 8.99. The van der Waals surface area contributed by atoms with Gasteiger partial charge in [-0.3, -0.25) is 14.6 Å². The van der Waals surface area contributed by atoms with Gasteiger partial charge in [0.05, 0.1) is 5.52 Å². The van der Waals surface area contributed by atoms with Gasteiger partial charge in [0, 0.05) is 23.0 Å². The summed E-state index contributed by atoms with van der Waals surface area (Å²) in [5, 5.41) is 3.97. The van der Waals surface area contributed by atoms with E-state index in [1.807, 2.05) is 12.1 Å². The molecular weight excluding hydrogens is 476 g/mol. The van der Waals surface area contributed by atoms with Crippen LogP contribution in [0.1, 0.15) is 71.1 Å². The molecule has 36 heavy (non-hydrogen) atoms. The van der Waals surface area contributed by atoms with Gasteiger partial charge < -0.3 is 11.1 Å². The second-order valence-corrected chi connectivity index (χ2v) is 12.8. The Morgan fingerprint density at radius 2 is 1.86 bits per heavy atom. The predicted octanol–water partition coefficient (Wildman–Crippen LogP) is 3.40. The summed E-state index contributed by atoms with van der Waals surface area (Å²) in [7, 11) is -4.00. The molecule has 0 spiro atoms. The number of hydrogen-bond donors (Lipinski definition) is 3. The number of primary amides is 1. The van der Waals surface area contributed by atoms with Crippen LogP contribution < -0.4 is 15.8 Å². The minimum absolute atomic E-state index is 0.0828. The Balaban J connectivity index is 1.38. The molecule has 2 aromatic rings. The van der Waals surface area contributed by atoms with Gasteiger partial charge in [-0.2, -0.15) is 4.72 Å². The molecule has 9 heteroatoms. The van der Waals surface area contributed by atoms with Crippen molar-refractivity contribution >= 4 is 32.7 Å². The van der Waals surface area contributed by atoms with Gasteiger partial charge in [-0.1, -0.05) is 44.4 Å². The molecule has 1 aromatic heterocycles. The van der Waals surface area contributed by atoms with Crippen molar-refractivity contribution in [2.24, 2.45) is 23.0 Å². The summed E-state index contributed by atoms with van der Waals surface area (Å²) in [5.41, 5.74) is 4.58. The predicted molar refractivity (Wildman–Crippen MR) is 137 cm³/mol. The third-order valence-corrected chi connectivity index (χ3v) is 10.6. The van der Waals surface area contributed by atoms with Crippen LogP contribution in [0.5, 0.6) is 0 Å². The molecule has 2 amide bonds. The van der Waals surface area contributed by atoms with Gasteiger partial charge in [0.2, 0.25) is 21.8 Å². The fourth-order valence-electron chi connectivity index (χ4n) is 7.00. The first-order valence-electron chi connectivity index (χ1n) is 13.2. The van der Waals surface area contributed by atoms with Crippen molar-refractivity contribution in [2.75, 3.05) is 0 Å². The van der Waals surface area contributed by atoms with E-state index < -0.39 is 21.0 Å². The van der Waals surface area contributed by atoms with Crippen LogP contribution in [-0.2, 0) is 19.6 Å². The summed E-state index contributed by atoms with van der Waals surface area (Å²) in [6.07, 6.45) is 8.86. The Morgan fingerprint density at radius 1 is 1.11 bits per heavy atom. The molecule has 4 N–H and O–H groups in total. The highest BCUT2D eigenvalue weighted by atomic mass is 32.2. The largest absolute Gasteiger partial charge is 0.369 e. The Morgan fingerprint density at radius 3 is 2.58 bits per heavy atom. The first-order valence-corrected chi connectivity index (χ1v) is 14.6. The van der Waals surface area contributed by atoms with Gasteiger partial charge in [-0.05, 0) is 68.9 Å². The molecule has 3 aliphatic rings. The molecule has 0 aliphatic heterocycles. The number of para-hydroxylation sites is 1. The van der Waals surface area contributed by atoms with Crippen LogP contribution in [0.15, 0.2) is 41.4 Å².